The van der Waals surface area contributed by atoms with Gasteiger partial charge in [0.1, 0.15) is 0 Å². The lowest BCUT2D eigenvalue weighted by atomic mass is 9.78. The largest absolute Gasteiger partial charge is 0.107 e. The third kappa shape index (κ3) is 73.6. The van der Waals surface area contributed by atoms with E-state index in [-0.39, 0.29) is 0 Å². The van der Waals surface area contributed by atoms with Gasteiger partial charge >= 0.3 is 0 Å². The SMILES string of the molecule is C=C.C=C(/C=C\C(C)=C(C)C)C(C)C(C)(C)C.C=CC.C=CC.CC.CC#CC.CCC=C(C)C.CCCC(C)(C)CC. The molecule has 0 N–H and O–H groups in total. The van der Waals surface area contributed by atoms with Crippen LogP contribution in [0.15, 0.2) is 85.6 Å². The number of allylic oxidation sites excluding steroid dienone is 9. The van der Waals surface area contributed by atoms with Crippen molar-refractivity contribution in [2.75, 3.05) is 0 Å². The van der Waals surface area contributed by atoms with Gasteiger partial charge in [0.25, 0.3) is 0 Å². The molecule has 0 heterocycles. The Hall–Kier alpha value is -2.26. The first-order chi connectivity index (χ1) is 19.8. The van der Waals surface area contributed by atoms with Crippen LogP contribution < -0.4 is 0 Å². The summed E-state index contributed by atoms with van der Waals surface area (Å²) in [4.78, 5) is 0. The number of rotatable bonds is 7. The Kier molecular flexibility index (Phi) is 65.2. The lowest BCUT2D eigenvalue weighted by Crippen LogP contribution is -2.18. The van der Waals surface area contributed by atoms with Crippen molar-refractivity contribution in [3.05, 3.63) is 85.6 Å². The minimum atomic E-state index is 0.292. The smallest absolute Gasteiger partial charge is 0.00271 e. The van der Waals surface area contributed by atoms with Crippen molar-refractivity contribution in [1.29, 1.82) is 0 Å². The topological polar surface area (TPSA) is 0 Å². The van der Waals surface area contributed by atoms with Crippen LogP contribution in [0.3, 0.4) is 0 Å². The van der Waals surface area contributed by atoms with Crippen molar-refractivity contribution in [1.82, 2.24) is 0 Å². The molecule has 0 aromatic carbocycles. The first kappa shape index (κ1) is 60.0. The molecule has 0 rings (SSSR count). The van der Waals surface area contributed by atoms with Crippen molar-refractivity contribution in [3.8, 4) is 11.8 Å². The fraction of sp³-hybridized carbons (Fsp3) is 0.628. The first-order valence-electron chi connectivity index (χ1n) is 16.4. The molecule has 0 heteroatoms. The van der Waals surface area contributed by atoms with Crippen LogP contribution in [0.2, 0.25) is 0 Å². The Balaban J connectivity index is -0.0000000619. The molecule has 1 atom stereocenters. The molecule has 0 aromatic heterocycles. The van der Waals surface area contributed by atoms with E-state index in [2.05, 4.69) is 160 Å². The van der Waals surface area contributed by atoms with Gasteiger partial charge in [-0.25, -0.2) is 0 Å². The van der Waals surface area contributed by atoms with Gasteiger partial charge in [0, 0.05) is 0 Å². The average molecular weight is 601 g/mol. The lowest BCUT2D eigenvalue weighted by Gasteiger charge is -2.27. The Morgan fingerprint density at radius 2 is 1.12 bits per heavy atom. The van der Waals surface area contributed by atoms with Gasteiger partial charge in [-0.05, 0) is 91.9 Å². The zero-order valence-corrected chi connectivity index (χ0v) is 33.8. The summed E-state index contributed by atoms with van der Waals surface area (Å²) in [5.41, 5.74) is 6.20. The molecule has 0 nitrogen and oxygen atoms in total. The van der Waals surface area contributed by atoms with Crippen molar-refractivity contribution in [2.45, 2.75) is 164 Å². The van der Waals surface area contributed by atoms with Gasteiger partial charge in [-0.1, -0.05) is 148 Å². The third-order valence-electron chi connectivity index (χ3n) is 5.94. The summed E-state index contributed by atoms with van der Waals surface area (Å²) in [5.74, 6) is 5.87. The molecule has 0 spiro atoms. The predicted molar refractivity (Wildman–Crippen MR) is 213 cm³/mol. The standard InChI is InChI=1S/C15H26.C8H18.C6H12.C4H6.2C3H6.C2H6.C2H4/c1-11(2)12(3)9-10-13(4)14(5)15(6,7)8;1-5-7-8(3,4)6-2;1-4-5-6(2)3;1-3-4-2;2*1-3-2;2*1-2/h9-10,14H,4H2,1-3,5-8H3;5-7H2,1-4H3;5H,4H2,1-3H3;1-2H3;2*3H,1H2,2H3;1-2H3;1-2H2/b10-9-;;;;;;;. The monoisotopic (exact) mass is 601 g/mol. The molecule has 0 saturated heterocycles. The van der Waals surface area contributed by atoms with Crippen LogP contribution in [0.5, 0.6) is 0 Å². The Morgan fingerprint density at radius 1 is 0.767 bits per heavy atom. The van der Waals surface area contributed by atoms with Crippen molar-refractivity contribution in [2.24, 2.45) is 16.7 Å². The zero-order chi connectivity index (χ0) is 36.7. The molecule has 43 heavy (non-hydrogen) atoms. The average Bonchev–Trinajstić information content (AvgIpc) is 2.94. The maximum atomic E-state index is 4.14. The van der Waals surface area contributed by atoms with Crippen molar-refractivity contribution >= 4 is 0 Å². The van der Waals surface area contributed by atoms with E-state index in [1.165, 1.54) is 48.0 Å². The van der Waals surface area contributed by atoms with Gasteiger partial charge in [-0.15, -0.1) is 38.2 Å². The van der Waals surface area contributed by atoms with Crippen molar-refractivity contribution < 1.29 is 0 Å². The van der Waals surface area contributed by atoms with E-state index in [0.717, 1.165) is 0 Å². The third-order valence-corrected chi connectivity index (χ3v) is 5.94. The second-order valence-electron chi connectivity index (χ2n) is 12.0. The van der Waals surface area contributed by atoms with Crippen LogP contribution in [0.4, 0.5) is 0 Å². The molecule has 0 saturated carbocycles. The molecule has 0 fully saturated rings. The molecule has 256 valence electrons. The second-order valence-corrected chi connectivity index (χ2v) is 12.0. The van der Waals surface area contributed by atoms with Crippen LogP contribution in [0.25, 0.3) is 0 Å². The Morgan fingerprint density at radius 3 is 1.26 bits per heavy atom. The van der Waals surface area contributed by atoms with Gasteiger partial charge in [0.15, 0.2) is 0 Å². The predicted octanol–water partition coefficient (Wildman–Crippen LogP) is 16.0. The minimum Gasteiger partial charge on any atom is -0.107 e. The van der Waals surface area contributed by atoms with Gasteiger partial charge < -0.3 is 0 Å². The summed E-state index contributed by atoms with van der Waals surface area (Å²) < 4.78 is 0. The molecule has 0 aliphatic carbocycles. The summed E-state index contributed by atoms with van der Waals surface area (Å²) in [7, 11) is 0. The highest BCUT2D eigenvalue weighted by Gasteiger charge is 2.20. The molecule has 0 amide bonds. The zero-order valence-electron chi connectivity index (χ0n) is 33.8. The molecule has 1 unspecified atom stereocenters. The van der Waals surface area contributed by atoms with Crippen LogP contribution in [-0.4, -0.2) is 0 Å². The Bertz CT molecular complexity index is 709. The van der Waals surface area contributed by atoms with Crippen LogP contribution >= 0.6 is 0 Å². The maximum absolute atomic E-state index is 4.14. The molecular weight excluding hydrogens is 516 g/mol. The summed E-state index contributed by atoms with van der Waals surface area (Å²) >= 11 is 0. The van der Waals surface area contributed by atoms with E-state index in [1.807, 2.05) is 41.5 Å². The van der Waals surface area contributed by atoms with E-state index < -0.39 is 0 Å². The van der Waals surface area contributed by atoms with E-state index in [4.69, 9.17) is 0 Å². The maximum Gasteiger partial charge on any atom is -0.00271 e. The summed E-state index contributed by atoms with van der Waals surface area (Å²) in [6.07, 6.45) is 15.2. The molecule has 0 radical (unpaired) electrons. The second kappa shape index (κ2) is 46.7. The van der Waals surface area contributed by atoms with Crippen LogP contribution in [0, 0.1) is 28.6 Å². The van der Waals surface area contributed by atoms with Gasteiger partial charge in [0.2, 0.25) is 0 Å². The fourth-order valence-corrected chi connectivity index (χ4v) is 2.36. The summed E-state index contributed by atoms with van der Waals surface area (Å²) in [6, 6.07) is 0. The number of hydrogen-bond donors (Lipinski definition) is 0. The van der Waals surface area contributed by atoms with E-state index in [9.17, 15) is 0 Å². The quantitative estimate of drug-likeness (QED) is 0.155. The highest BCUT2D eigenvalue weighted by molar-refractivity contribution is 5.29. The van der Waals surface area contributed by atoms with Crippen LogP contribution in [0.1, 0.15) is 164 Å². The normalized spacial score (nSPS) is 9.40. The molecule has 0 bridgehead atoms. The van der Waals surface area contributed by atoms with Crippen LogP contribution in [-0.2, 0) is 0 Å². The van der Waals surface area contributed by atoms with Gasteiger partial charge in [0.05, 0.1) is 0 Å². The molecule has 0 aliphatic heterocycles. The van der Waals surface area contributed by atoms with E-state index in [1.54, 1.807) is 12.2 Å². The van der Waals surface area contributed by atoms with Gasteiger partial charge in [-0.3, -0.25) is 0 Å². The van der Waals surface area contributed by atoms with E-state index >= 15 is 0 Å². The molecular formula is C43H84. The van der Waals surface area contributed by atoms with Gasteiger partial charge in [-0.2, -0.15) is 0 Å². The minimum absolute atomic E-state index is 0.292. The first-order valence-corrected chi connectivity index (χ1v) is 16.4. The van der Waals surface area contributed by atoms with E-state index in [0.29, 0.717) is 16.7 Å². The highest BCUT2D eigenvalue weighted by Crippen LogP contribution is 2.31. The highest BCUT2D eigenvalue weighted by atomic mass is 14.3. The molecule has 0 aliphatic rings. The summed E-state index contributed by atoms with van der Waals surface area (Å²) in [6.45, 7) is 59.2. The summed E-state index contributed by atoms with van der Waals surface area (Å²) in [5, 5.41) is 0. The van der Waals surface area contributed by atoms with Crippen molar-refractivity contribution in [3.63, 3.8) is 0 Å². The lowest BCUT2D eigenvalue weighted by molar-refractivity contribution is 0.305. The number of hydrogen-bond acceptors (Lipinski definition) is 0. The fourth-order valence-electron chi connectivity index (χ4n) is 2.36. The Labute approximate surface area is 277 Å². The molecule has 0 aromatic rings.